The van der Waals surface area contributed by atoms with Gasteiger partial charge in [-0.3, -0.25) is 0 Å². The van der Waals surface area contributed by atoms with Gasteiger partial charge in [0.25, 0.3) is 0 Å². The molecule has 3 aliphatic carbocycles. The van der Waals surface area contributed by atoms with Crippen molar-refractivity contribution in [2.45, 2.75) is 64.2 Å². The molecule has 2 nitrogen and oxygen atoms in total. The zero-order valence-electron chi connectivity index (χ0n) is 12.1. The summed E-state index contributed by atoms with van der Waals surface area (Å²) in [5.74, 6) is 3.78. The molecule has 2 N–H and O–H groups in total. The second-order valence-electron chi connectivity index (χ2n) is 7.07. The first-order valence-corrected chi connectivity index (χ1v) is 8.41. The van der Waals surface area contributed by atoms with Crippen LogP contribution in [-0.4, -0.2) is 23.4 Å². The van der Waals surface area contributed by atoms with Gasteiger partial charge < -0.3 is 10.2 Å². The van der Waals surface area contributed by atoms with E-state index in [1.165, 1.54) is 57.8 Å². The molecule has 1 radical (unpaired) electrons. The minimum atomic E-state index is 0.205. The second kappa shape index (κ2) is 5.73. The summed E-state index contributed by atoms with van der Waals surface area (Å²) in [5, 5.41) is 19.5. The molecule has 0 saturated heterocycles. The van der Waals surface area contributed by atoms with Gasteiger partial charge in [-0.25, -0.2) is 0 Å². The first-order chi connectivity index (χ1) is 9.32. The van der Waals surface area contributed by atoms with Gasteiger partial charge in [-0.2, -0.15) is 0 Å². The average molecular weight is 265 g/mol. The number of hydrogen-bond acceptors (Lipinski definition) is 2. The molecular weight excluding hydrogens is 236 g/mol. The van der Waals surface area contributed by atoms with Crippen molar-refractivity contribution in [3.8, 4) is 0 Å². The number of rotatable bonds is 5. The summed E-state index contributed by atoms with van der Waals surface area (Å²) in [6.45, 7) is 0.621. The Morgan fingerprint density at radius 1 is 0.947 bits per heavy atom. The Hall–Kier alpha value is -0.0800. The van der Waals surface area contributed by atoms with Crippen LogP contribution in [0.15, 0.2) is 0 Å². The van der Waals surface area contributed by atoms with Gasteiger partial charge in [-0.1, -0.05) is 19.3 Å². The Kier molecular flexibility index (Phi) is 4.19. The quantitative estimate of drug-likeness (QED) is 0.800. The average Bonchev–Trinajstić information content (AvgIpc) is 3.15. The highest BCUT2D eigenvalue weighted by Crippen LogP contribution is 2.64. The van der Waals surface area contributed by atoms with Crippen LogP contribution in [0.5, 0.6) is 0 Å². The maximum atomic E-state index is 9.90. The van der Waals surface area contributed by atoms with Crippen molar-refractivity contribution in [1.29, 1.82) is 0 Å². The number of aliphatic hydroxyl groups excluding tert-OH is 2. The lowest BCUT2D eigenvalue weighted by Gasteiger charge is -2.52. The molecule has 3 rings (SSSR count). The van der Waals surface area contributed by atoms with Crippen molar-refractivity contribution < 1.29 is 10.2 Å². The van der Waals surface area contributed by atoms with Crippen LogP contribution < -0.4 is 0 Å². The number of hydrogen-bond donors (Lipinski definition) is 2. The maximum absolute atomic E-state index is 9.90. The molecule has 2 unspecified atom stereocenters. The molecule has 3 fully saturated rings. The Bertz CT molecular complexity index is 294. The van der Waals surface area contributed by atoms with Crippen LogP contribution in [-0.2, 0) is 0 Å². The summed E-state index contributed by atoms with van der Waals surface area (Å²) in [4.78, 5) is 0. The molecule has 0 aromatic carbocycles. The minimum absolute atomic E-state index is 0.205. The Labute approximate surface area is 117 Å². The van der Waals surface area contributed by atoms with Gasteiger partial charge in [0.15, 0.2) is 0 Å². The van der Waals surface area contributed by atoms with Crippen molar-refractivity contribution in [3.63, 3.8) is 0 Å². The van der Waals surface area contributed by atoms with Gasteiger partial charge in [0, 0.05) is 13.2 Å². The molecule has 0 amide bonds. The van der Waals surface area contributed by atoms with Crippen LogP contribution >= 0.6 is 0 Å². The first-order valence-electron chi connectivity index (χ1n) is 8.41. The van der Waals surface area contributed by atoms with E-state index in [-0.39, 0.29) is 5.41 Å². The summed E-state index contributed by atoms with van der Waals surface area (Å²) in [6, 6.07) is 0. The van der Waals surface area contributed by atoms with Crippen molar-refractivity contribution in [2.75, 3.05) is 13.2 Å². The van der Waals surface area contributed by atoms with Gasteiger partial charge in [-0.05, 0) is 74.0 Å². The predicted molar refractivity (Wildman–Crippen MR) is 76.5 cm³/mol. The lowest BCUT2D eigenvalue weighted by atomic mass is 9.53. The molecule has 0 heterocycles. The Morgan fingerprint density at radius 2 is 1.68 bits per heavy atom. The van der Waals surface area contributed by atoms with E-state index < -0.39 is 0 Å². The van der Waals surface area contributed by atoms with Crippen LogP contribution in [0, 0.1) is 29.1 Å². The third kappa shape index (κ3) is 2.35. The highest BCUT2D eigenvalue weighted by atomic mass is 16.3. The second-order valence-corrected chi connectivity index (χ2v) is 7.07. The van der Waals surface area contributed by atoms with Crippen LogP contribution in [0.1, 0.15) is 64.2 Å². The normalized spacial score (nSPS) is 37.9. The lowest BCUT2D eigenvalue weighted by molar-refractivity contribution is 0.00878. The van der Waals surface area contributed by atoms with Crippen LogP contribution in [0.25, 0.3) is 0 Å². The molecule has 0 spiro atoms. The molecule has 19 heavy (non-hydrogen) atoms. The monoisotopic (exact) mass is 265 g/mol. The summed E-state index contributed by atoms with van der Waals surface area (Å²) in [5.41, 5.74) is 0.205. The standard InChI is InChI=1S/C17H29O2/c18-11-10-17(14-8-9-14)15(12-19)6-3-7-16(17)13-4-1-2-5-13/h13-15,18-19H,1-12H2. The third-order valence-electron chi connectivity index (χ3n) is 6.22. The molecular formula is C17H29O2. The zero-order valence-corrected chi connectivity index (χ0v) is 12.1. The molecule has 2 heteroatoms. The smallest absolute Gasteiger partial charge is 0.0464 e. The van der Waals surface area contributed by atoms with E-state index in [1.807, 2.05) is 0 Å². The van der Waals surface area contributed by atoms with E-state index in [1.54, 1.807) is 5.92 Å². The summed E-state index contributed by atoms with van der Waals surface area (Å²) in [6.07, 6.45) is 12.8. The molecule has 3 aliphatic rings. The van der Waals surface area contributed by atoms with E-state index >= 15 is 0 Å². The largest absolute Gasteiger partial charge is 0.396 e. The fourth-order valence-corrected chi connectivity index (χ4v) is 5.35. The van der Waals surface area contributed by atoms with Gasteiger partial charge in [0.1, 0.15) is 0 Å². The van der Waals surface area contributed by atoms with Crippen molar-refractivity contribution in [2.24, 2.45) is 23.2 Å². The van der Waals surface area contributed by atoms with Gasteiger partial charge in [0.2, 0.25) is 0 Å². The van der Waals surface area contributed by atoms with Crippen molar-refractivity contribution in [1.82, 2.24) is 0 Å². The molecule has 0 aliphatic heterocycles. The Balaban J connectivity index is 1.88. The highest BCUT2D eigenvalue weighted by molar-refractivity contribution is 5.20. The molecule has 0 aromatic heterocycles. The Morgan fingerprint density at radius 3 is 2.26 bits per heavy atom. The zero-order chi connectivity index (χ0) is 13.3. The lowest BCUT2D eigenvalue weighted by Crippen LogP contribution is -2.46. The molecule has 2 atom stereocenters. The topological polar surface area (TPSA) is 40.5 Å². The van der Waals surface area contributed by atoms with Crippen LogP contribution in [0.3, 0.4) is 0 Å². The van der Waals surface area contributed by atoms with Gasteiger partial charge in [0.05, 0.1) is 0 Å². The van der Waals surface area contributed by atoms with E-state index in [0.29, 0.717) is 19.1 Å². The van der Waals surface area contributed by atoms with Crippen LogP contribution in [0.2, 0.25) is 0 Å². The fourth-order valence-electron chi connectivity index (χ4n) is 5.35. The molecule has 3 saturated carbocycles. The fraction of sp³-hybridized carbons (Fsp3) is 0.941. The molecule has 109 valence electrons. The first kappa shape index (κ1) is 13.9. The van der Waals surface area contributed by atoms with Gasteiger partial charge in [-0.15, -0.1) is 0 Å². The van der Waals surface area contributed by atoms with E-state index in [0.717, 1.165) is 18.3 Å². The molecule has 0 aromatic rings. The predicted octanol–water partition coefficient (Wildman–Crippen LogP) is 3.32. The summed E-state index contributed by atoms with van der Waals surface area (Å²) >= 11 is 0. The van der Waals surface area contributed by atoms with Crippen molar-refractivity contribution in [3.05, 3.63) is 5.92 Å². The van der Waals surface area contributed by atoms with Crippen LogP contribution in [0.4, 0.5) is 0 Å². The highest BCUT2D eigenvalue weighted by Gasteiger charge is 2.57. The summed E-state index contributed by atoms with van der Waals surface area (Å²) in [7, 11) is 0. The van der Waals surface area contributed by atoms with E-state index in [2.05, 4.69) is 0 Å². The SMILES string of the molecule is OCCC1(C2CC2)[C](C2CCCC2)CCCC1CO. The van der Waals surface area contributed by atoms with E-state index in [4.69, 9.17) is 0 Å². The minimum Gasteiger partial charge on any atom is -0.396 e. The van der Waals surface area contributed by atoms with Gasteiger partial charge >= 0.3 is 0 Å². The molecule has 0 bridgehead atoms. The van der Waals surface area contributed by atoms with Crippen molar-refractivity contribution >= 4 is 0 Å². The summed E-state index contributed by atoms with van der Waals surface area (Å²) < 4.78 is 0. The third-order valence-corrected chi connectivity index (χ3v) is 6.22. The number of aliphatic hydroxyl groups is 2. The van der Waals surface area contributed by atoms with E-state index in [9.17, 15) is 10.2 Å². The maximum Gasteiger partial charge on any atom is 0.0464 e.